The van der Waals surface area contributed by atoms with Gasteiger partial charge in [0.25, 0.3) is 0 Å². The minimum absolute atomic E-state index is 0.170. The quantitative estimate of drug-likeness (QED) is 0.630. The van der Waals surface area contributed by atoms with E-state index in [0.717, 1.165) is 0 Å². The molecular weight excluding hydrogens is 234 g/mol. The fraction of sp³-hybridized carbons (Fsp3) is 0.200. The number of carboxylic acid groups (broad SMARTS) is 1. The molecule has 0 bridgehead atoms. The van der Waals surface area contributed by atoms with Crippen LogP contribution in [0.1, 0.15) is 16.7 Å². The Balaban J connectivity index is 3.30. The van der Waals surface area contributed by atoms with Crippen molar-refractivity contribution in [1.29, 1.82) is 5.26 Å². The van der Waals surface area contributed by atoms with Crippen LogP contribution >= 0.6 is 24.2 Å². The molecule has 0 amide bonds. The van der Waals surface area contributed by atoms with E-state index in [1.165, 1.54) is 0 Å². The molecule has 1 aromatic rings. The van der Waals surface area contributed by atoms with Gasteiger partial charge >= 0.3 is 5.97 Å². The third-order valence-electron chi connectivity index (χ3n) is 1.97. The summed E-state index contributed by atoms with van der Waals surface area (Å²) in [6.07, 6.45) is -0.170. The number of nitriles is 1. The Kier molecular flexibility index (Phi) is 4.01. The number of alkyl halides is 1. The average molecular weight is 242 g/mol. The number of carboxylic acids is 1. The zero-order valence-electron chi connectivity index (χ0n) is 7.70. The fourth-order valence-corrected chi connectivity index (χ4v) is 1.84. The van der Waals surface area contributed by atoms with Crippen LogP contribution in [0.15, 0.2) is 17.0 Å². The Morgan fingerprint density at radius 2 is 2.27 bits per heavy atom. The van der Waals surface area contributed by atoms with E-state index < -0.39 is 5.97 Å². The standard InChI is InChI=1S/C10H8ClNO2S/c11-4-6-1-2-7(5-12)10(15)8(6)3-9(13)14/h1-2,15H,3-4H2,(H,13,14). The summed E-state index contributed by atoms with van der Waals surface area (Å²) in [5.74, 6) is -0.756. The molecule has 0 aliphatic heterocycles. The lowest BCUT2D eigenvalue weighted by Gasteiger charge is -2.09. The molecule has 0 saturated carbocycles. The van der Waals surface area contributed by atoms with Crippen LogP contribution in [0.3, 0.4) is 0 Å². The number of hydrogen-bond donors (Lipinski definition) is 2. The second-order valence-electron chi connectivity index (χ2n) is 2.92. The summed E-state index contributed by atoms with van der Waals surface area (Å²) in [5.41, 5.74) is 1.58. The maximum atomic E-state index is 10.6. The first-order valence-electron chi connectivity index (χ1n) is 4.11. The monoisotopic (exact) mass is 241 g/mol. The maximum absolute atomic E-state index is 10.6. The van der Waals surface area contributed by atoms with Crippen LogP contribution in [0.25, 0.3) is 0 Å². The molecule has 0 radical (unpaired) electrons. The fourth-order valence-electron chi connectivity index (χ4n) is 1.24. The molecule has 0 fully saturated rings. The van der Waals surface area contributed by atoms with Crippen LogP contribution in [-0.4, -0.2) is 11.1 Å². The summed E-state index contributed by atoms with van der Waals surface area (Å²) in [4.78, 5) is 11.0. The molecule has 0 spiro atoms. The van der Waals surface area contributed by atoms with E-state index in [1.54, 1.807) is 12.1 Å². The lowest BCUT2D eigenvalue weighted by Crippen LogP contribution is -2.05. The predicted octanol–water partition coefficient (Wildman–Crippen LogP) is 2.21. The van der Waals surface area contributed by atoms with Crippen LogP contribution in [0.2, 0.25) is 0 Å². The van der Waals surface area contributed by atoms with Gasteiger partial charge in [-0.1, -0.05) is 6.07 Å². The molecule has 1 rings (SSSR count). The number of thiol groups is 1. The van der Waals surface area contributed by atoms with E-state index in [0.29, 0.717) is 21.6 Å². The van der Waals surface area contributed by atoms with Crippen molar-refractivity contribution in [2.75, 3.05) is 0 Å². The lowest BCUT2D eigenvalue weighted by molar-refractivity contribution is -0.136. The topological polar surface area (TPSA) is 61.1 Å². The lowest BCUT2D eigenvalue weighted by atomic mass is 10.0. The number of nitrogens with zero attached hydrogens (tertiary/aromatic N) is 1. The van der Waals surface area contributed by atoms with E-state index in [-0.39, 0.29) is 12.3 Å². The van der Waals surface area contributed by atoms with Gasteiger partial charge in [0.2, 0.25) is 0 Å². The molecule has 0 aliphatic rings. The summed E-state index contributed by atoms with van der Waals surface area (Å²) in [6.45, 7) is 0. The third kappa shape index (κ3) is 2.65. The number of rotatable bonds is 3. The van der Waals surface area contributed by atoms with E-state index in [1.807, 2.05) is 6.07 Å². The van der Waals surface area contributed by atoms with Crippen molar-refractivity contribution in [2.45, 2.75) is 17.2 Å². The number of carbonyl (C=O) groups is 1. The molecule has 1 N–H and O–H groups in total. The van der Waals surface area contributed by atoms with E-state index in [4.69, 9.17) is 22.0 Å². The smallest absolute Gasteiger partial charge is 0.307 e. The Morgan fingerprint density at radius 1 is 1.60 bits per heavy atom. The van der Waals surface area contributed by atoms with E-state index in [9.17, 15) is 4.79 Å². The summed E-state index contributed by atoms with van der Waals surface area (Å²) in [5, 5.41) is 17.5. The van der Waals surface area contributed by atoms with Crippen LogP contribution in [-0.2, 0) is 17.1 Å². The second-order valence-corrected chi connectivity index (χ2v) is 3.63. The van der Waals surface area contributed by atoms with Crippen molar-refractivity contribution in [3.8, 4) is 6.07 Å². The van der Waals surface area contributed by atoms with Gasteiger partial charge in [-0.3, -0.25) is 4.79 Å². The van der Waals surface area contributed by atoms with Gasteiger partial charge in [0.05, 0.1) is 12.0 Å². The minimum Gasteiger partial charge on any atom is -0.481 e. The Hall–Kier alpha value is -1.18. The highest BCUT2D eigenvalue weighted by Gasteiger charge is 2.12. The molecule has 0 saturated heterocycles. The molecule has 0 heterocycles. The van der Waals surface area contributed by atoms with Gasteiger partial charge in [-0.15, -0.1) is 24.2 Å². The maximum Gasteiger partial charge on any atom is 0.307 e. The normalized spacial score (nSPS) is 9.67. The molecule has 78 valence electrons. The zero-order chi connectivity index (χ0) is 11.4. The highest BCUT2D eigenvalue weighted by Crippen LogP contribution is 2.24. The number of benzene rings is 1. The highest BCUT2D eigenvalue weighted by atomic mass is 35.5. The second kappa shape index (κ2) is 5.06. The highest BCUT2D eigenvalue weighted by molar-refractivity contribution is 7.80. The Bertz CT molecular complexity index is 440. The van der Waals surface area contributed by atoms with Crippen LogP contribution in [0.4, 0.5) is 0 Å². The molecule has 15 heavy (non-hydrogen) atoms. The largest absolute Gasteiger partial charge is 0.481 e. The number of aliphatic carboxylic acids is 1. The number of halogens is 1. The third-order valence-corrected chi connectivity index (χ3v) is 2.77. The van der Waals surface area contributed by atoms with Crippen LogP contribution < -0.4 is 0 Å². The average Bonchev–Trinajstić information content (AvgIpc) is 2.20. The SMILES string of the molecule is N#Cc1ccc(CCl)c(CC(=O)O)c1S. The van der Waals surface area contributed by atoms with Crippen LogP contribution in [0.5, 0.6) is 0 Å². The molecule has 5 heteroatoms. The summed E-state index contributed by atoms with van der Waals surface area (Å²) >= 11 is 9.82. The van der Waals surface area contributed by atoms with Gasteiger partial charge in [-0.2, -0.15) is 5.26 Å². The van der Waals surface area contributed by atoms with Gasteiger partial charge in [-0.05, 0) is 17.2 Å². The van der Waals surface area contributed by atoms with Gasteiger partial charge in [0.1, 0.15) is 6.07 Å². The van der Waals surface area contributed by atoms with Crippen molar-refractivity contribution < 1.29 is 9.90 Å². The van der Waals surface area contributed by atoms with Crippen molar-refractivity contribution in [3.05, 3.63) is 28.8 Å². The summed E-state index contributed by atoms with van der Waals surface area (Å²) in [7, 11) is 0. The summed E-state index contributed by atoms with van der Waals surface area (Å²) in [6, 6.07) is 5.19. The summed E-state index contributed by atoms with van der Waals surface area (Å²) < 4.78 is 0. The van der Waals surface area contributed by atoms with E-state index in [2.05, 4.69) is 12.6 Å². The van der Waals surface area contributed by atoms with Crippen molar-refractivity contribution in [3.63, 3.8) is 0 Å². The minimum atomic E-state index is -0.966. The zero-order valence-corrected chi connectivity index (χ0v) is 9.35. The molecular formula is C10H8ClNO2S. The first-order valence-corrected chi connectivity index (χ1v) is 5.10. The Morgan fingerprint density at radius 3 is 2.73 bits per heavy atom. The van der Waals surface area contributed by atoms with Gasteiger partial charge in [0.15, 0.2) is 0 Å². The Labute approximate surface area is 97.7 Å². The predicted molar refractivity (Wildman–Crippen MR) is 59.3 cm³/mol. The molecule has 0 unspecified atom stereocenters. The van der Waals surface area contributed by atoms with Crippen molar-refractivity contribution in [2.24, 2.45) is 0 Å². The van der Waals surface area contributed by atoms with Gasteiger partial charge in [0, 0.05) is 10.8 Å². The molecule has 0 aliphatic carbocycles. The van der Waals surface area contributed by atoms with Gasteiger partial charge in [-0.25, -0.2) is 0 Å². The first-order chi connectivity index (χ1) is 7.10. The molecule has 1 aromatic carbocycles. The van der Waals surface area contributed by atoms with Crippen LogP contribution in [0, 0.1) is 11.3 Å². The molecule has 3 nitrogen and oxygen atoms in total. The number of hydrogen-bond acceptors (Lipinski definition) is 3. The van der Waals surface area contributed by atoms with Gasteiger partial charge < -0.3 is 5.11 Å². The molecule has 0 aromatic heterocycles. The van der Waals surface area contributed by atoms with Crippen molar-refractivity contribution in [1.82, 2.24) is 0 Å². The first kappa shape index (κ1) is 11.9. The van der Waals surface area contributed by atoms with E-state index >= 15 is 0 Å². The molecule has 0 atom stereocenters. The van der Waals surface area contributed by atoms with Crippen molar-refractivity contribution >= 4 is 30.2 Å².